The van der Waals surface area contributed by atoms with Gasteiger partial charge in [-0.25, -0.2) is 4.79 Å². The minimum atomic E-state index is -0.510. The lowest BCUT2D eigenvalue weighted by Crippen LogP contribution is -2.50. The molecular weight excluding hydrogens is 492 g/mol. The van der Waals surface area contributed by atoms with Crippen LogP contribution in [0.4, 0.5) is 21.9 Å². The maximum Gasteiger partial charge on any atom is 0.410 e. The molecule has 200 valence electrons. The molecule has 0 atom stereocenters. The number of nitrogens with one attached hydrogen (secondary N) is 1. The summed E-state index contributed by atoms with van der Waals surface area (Å²) < 4.78 is 5.49. The molecule has 1 aliphatic rings. The first kappa shape index (κ1) is 26.0. The molecule has 3 heterocycles. The average Bonchev–Trinajstić information content (AvgIpc) is 2.93. The van der Waals surface area contributed by atoms with Crippen LogP contribution in [0.3, 0.4) is 0 Å². The summed E-state index contributed by atoms with van der Waals surface area (Å²) in [7, 11) is 0. The van der Waals surface area contributed by atoms with Gasteiger partial charge in [0.1, 0.15) is 5.60 Å². The highest BCUT2D eigenvalue weighted by Crippen LogP contribution is 2.27. The molecule has 1 saturated heterocycles. The second kappa shape index (κ2) is 10.6. The number of fused-ring (bicyclic) bond motifs is 1. The number of aromatic nitrogens is 2. The van der Waals surface area contributed by atoms with Crippen molar-refractivity contribution in [2.24, 2.45) is 0 Å². The number of nitrogens with two attached hydrogens (primary N) is 1. The van der Waals surface area contributed by atoms with Gasteiger partial charge in [-0.2, -0.15) is 0 Å². The van der Waals surface area contributed by atoms with Crippen LogP contribution in [-0.4, -0.2) is 58.6 Å². The fourth-order valence-corrected chi connectivity index (χ4v) is 4.44. The molecule has 0 saturated carbocycles. The van der Waals surface area contributed by atoms with Gasteiger partial charge in [-0.05, 0) is 45.0 Å². The molecular formula is C30H32N6O3. The molecule has 2 aromatic carbocycles. The number of hydrogen-bond acceptors (Lipinski definition) is 7. The van der Waals surface area contributed by atoms with Crippen LogP contribution in [-0.2, 0) is 4.74 Å². The van der Waals surface area contributed by atoms with Gasteiger partial charge in [0, 0.05) is 49.0 Å². The molecule has 9 heteroatoms. The van der Waals surface area contributed by atoms with E-state index < -0.39 is 5.60 Å². The Hall–Kier alpha value is -4.66. The van der Waals surface area contributed by atoms with E-state index in [0.29, 0.717) is 43.1 Å². The van der Waals surface area contributed by atoms with E-state index in [-0.39, 0.29) is 12.0 Å². The number of anilines is 3. The fraction of sp³-hybridized carbons (Fsp3) is 0.267. The summed E-state index contributed by atoms with van der Waals surface area (Å²) in [5.41, 5.74) is 10.4. The monoisotopic (exact) mass is 524 g/mol. The molecule has 0 bridgehead atoms. The molecule has 1 fully saturated rings. The molecule has 3 N–H and O–H groups in total. The molecule has 0 unspecified atom stereocenters. The highest BCUT2D eigenvalue weighted by atomic mass is 16.6. The van der Waals surface area contributed by atoms with Gasteiger partial charge in [-0.15, -0.1) is 0 Å². The summed E-state index contributed by atoms with van der Waals surface area (Å²) in [6.07, 6.45) is 2.83. The lowest BCUT2D eigenvalue weighted by atomic mass is 10.1. The van der Waals surface area contributed by atoms with Crippen molar-refractivity contribution >= 4 is 40.0 Å². The smallest absolute Gasteiger partial charge is 0.410 e. The topological polar surface area (TPSA) is 114 Å². The number of pyridine rings is 2. The van der Waals surface area contributed by atoms with Crippen molar-refractivity contribution in [2.45, 2.75) is 26.4 Å². The number of carbonyl (C=O) groups excluding carboxylic acids is 2. The molecule has 39 heavy (non-hydrogen) atoms. The quantitative estimate of drug-likeness (QED) is 0.378. The Balaban J connectivity index is 1.27. The molecule has 2 amide bonds. The Morgan fingerprint density at radius 2 is 1.67 bits per heavy atom. The summed E-state index contributed by atoms with van der Waals surface area (Å²) in [6.45, 7) is 8.18. The van der Waals surface area contributed by atoms with Crippen molar-refractivity contribution in [3.05, 3.63) is 78.6 Å². The van der Waals surface area contributed by atoms with Gasteiger partial charge in [-0.3, -0.25) is 14.8 Å². The normalized spacial score (nSPS) is 13.8. The summed E-state index contributed by atoms with van der Waals surface area (Å²) in [4.78, 5) is 38.3. The van der Waals surface area contributed by atoms with Crippen LogP contribution in [0.2, 0.25) is 0 Å². The number of amides is 2. The standard InChI is InChI=1S/C30H32N6O3/c1-30(2,3)39-29(38)36-13-11-35(12-14-36)23-10-9-21-15-22(18-32-25(21)16-23)28(37)34-27-17-26(33-19-24(27)31)20-7-5-4-6-8-20/h4-10,15-19H,11-14,31H2,1-3H3,(H,33,34,37). The Bertz CT molecular complexity index is 1510. The number of nitrogen functional groups attached to an aromatic ring is 1. The van der Waals surface area contributed by atoms with Crippen LogP contribution in [0.5, 0.6) is 0 Å². The van der Waals surface area contributed by atoms with E-state index >= 15 is 0 Å². The zero-order valence-electron chi connectivity index (χ0n) is 22.3. The number of piperazine rings is 1. The van der Waals surface area contributed by atoms with Gasteiger partial charge >= 0.3 is 6.09 Å². The molecule has 0 spiro atoms. The molecule has 1 aliphatic heterocycles. The van der Waals surface area contributed by atoms with Gasteiger partial charge in [0.05, 0.1) is 34.3 Å². The van der Waals surface area contributed by atoms with Gasteiger partial charge in [0.2, 0.25) is 0 Å². The van der Waals surface area contributed by atoms with Crippen molar-refractivity contribution < 1.29 is 14.3 Å². The predicted octanol–water partition coefficient (Wildman–Crippen LogP) is 5.19. The first-order valence-corrected chi connectivity index (χ1v) is 12.9. The van der Waals surface area contributed by atoms with E-state index in [0.717, 1.165) is 27.8 Å². The SMILES string of the molecule is CC(C)(C)OC(=O)N1CCN(c2ccc3cc(C(=O)Nc4cc(-c5ccccc5)ncc4N)cnc3c2)CC1. The second-order valence-corrected chi connectivity index (χ2v) is 10.5. The first-order valence-electron chi connectivity index (χ1n) is 12.9. The largest absolute Gasteiger partial charge is 0.444 e. The minimum Gasteiger partial charge on any atom is -0.444 e. The molecule has 5 rings (SSSR count). The third kappa shape index (κ3) is 6.09. The zero-order chi connectivity index (χ0) is 27.6. The van der Waals surface area contributed by atoms with Crippen molar-refractivity contribution in [3.8, 4) is 11.3 Å². The Kier molecular flexibility index (Phi) is 7.06. The van der Waals surface area contributed by atoms with Crippen LogP contribution in [0.15, 0.2) is 73.1 Å². The maximum atomic E-state index is 13.1. The second-order valence-electron chi connectivity index (χ2n) is 10.5. The summed E-state index contributed by atoms with van der Waals surface area (Å²) in [6, 6.07) is 19.3. The number of benzene rings is 2. The Labute approximate surface area is 227 Å². The van der Waals surface area contributed by atoms with Crippen molar-refractivity contribution in [3.63, 3.8) is 0 Å². The van der Waals surface area contributed by atoms with Crippen LogP contribution in [0.1, 0.15) is 31.1 Å². The van der Waals surface area contributed by atoms with Crippen LogP contribution in [0.25, 0.3) is 22.2 Å². The minimum absolute atomic E-state index is 0.280. The van der Waals surface area contributed by atoms with E-state index in [1.54, 1.807) is 23.4 Å². The number of ether oxygens (including phenoxy) is 1. The van der Waals surface area contributed by atoms with E-state index in [1.165, 1.54) is 0 Å². The van der Waals surface area contributed by atoms with Gasteiger partial charge in [-0.1, -0.05) is 36.4 Å². The van der Waals surface area contributed by atoms with Gasteiger partial charge in [0.25, 0.3) is 5.91 Å². The van der Waals surface area contributed by atoms with E-state index in [9.17, 15) is 9.59 Å². The summed E-state index contributed by atoms with van der Waals surface area (Å²) >= 11 is 0. The third-order valence-electron chi connectivity index (χ3n) is 6.48. The fourth-order valence-electron chi connectivity index (χ4n) is 4.44. The molecule has 2 aromatic heterocycles. The lowest BCUT2D eigenvalue weighted by Gasteiger charge is -2.36. The predicted molar refractivity (Wildman–Crippen MR) is 154 cm³/mol. The summed E-state index contributed by atoms with van der Waals surface area (Å²) in [5.74, 6) is -0.302. The molecule has 4 aromatic rings. The Morgan fingerprint density at radius 3 is 2.38 bits per heavy atom. The van der Waals surface area contributed by atoms with Crippen molar-refractivity contribution in [1.29, 1.82) is 0 Å². The van der Waals surface area contributed by atoms with E-state index in [4.69, 9.17) is 10.5 Å². The van der Waals surface area contributed by atoms with E-state index in [2.05, 4.69) is 20.2 Å². The third-order valence-corrected chi connectivity index (χ3v) is 6.48. The van der Waals surface area contributed by atoms with E-state index in [1.807, 2.05) is 75.4 Å². The van der Waals surface area contributed by atoms with Crippen LogP contribution >= 0.6 is 0 Å². The number of carbonyl (C=O) groups is 2. The van der Waals surface area contributed by atoms with Crippen molar-refractivity contribution in [1.82, 2.24) is 14.9 Å². The number of nitrogens with zero attached hydrogens (tertiary/aromatic N) is 4. The van der Waals surface area contributed by atoms with Gasteiger partial charge < -0.3 is 25.6 Å². The highest BCUT2D eigenvalue weighted by Gasteiger charge is 2.26. The number of rotatable bonds is 4. The van der Waals surface area contributed by atoms with Crippen molar-refractivity contribution in [2.75, 3.05) is 42.1 Å². The first-order chi connectivity index (χ1) is 18.7. The Morgan fingerprint density at radius 1 is 0.923 bits per heavy atom. The average molecular weight is 525 g/mol. The zero-order valence-corrected chi connectivity index (χ0v) is 22.3. The highest BCUT2D eigenvalue weighted by molar-refractivity contribution is 6.07. The maximum absolute atomic E-state index is 13.1. The number of hydrogen-bond donors (Lipinski definition) is 2. The molecule has 0 aliphatic carbocycles. The van der Waals surface area contributed by atoms with Gasteiger partial charge in [0.15, 0.2) is 0 Å². The lowest BCUT2D eigenvalue weighted by molar-refractivity contribution is 0.0240. The molecule has 9 nitrogen and oxygen atoms in total. The van der Waals surface area contributed by atoms with Crippen LogP contribution in [0, 0.1) is 0 Å². The molecule has 0 radical (unpaired) electrons. The summed E-state index contributed by atoms with van der Waals surface area (Å²) in [5, 5.41) is 3.75. The van der Waals surface area contributed by atoms with Crippen LogP contribution < -0.4 is 16.0 Å².